The van der Waals surface area contributed by atoms with Gasteiger partial charge in [-0.3, -0.25) is 4.79 Å². The third-order valence-corrected chi connectivity index (χ3v) is 8.84. The molecule has 4 atom stereocenters. The van der Waals surface area contributed by atoms with Gasteiger partial charge in [0.25, 0.3) is 0 Å². The van der Waals surface area contributed by atoms with E-state index in [2.05, 4.69) is 13.8 Å². The molecule has 0 heterocycles. The van der Waals surface area contributed by atoms with Crippen LogP contribution in [0, 0.1) is 35.5 Å². The van der Waals surface area contributed by atoms with E-state index >= 15 is 0 Å². The average Bonchev–Trinajstić information content (AvgIpc) is 2.60. The van der Waals surface area contributed by atoms with E-state index in [-0.39, 0.29) is 22.6 Å². The van der Waals surface area contributed by atoms with Gasteiger partial charge in [0.15, 0.2) is 0 Å². The van der Waals surface area contributed by atoms with Gasteiger partial charge in [0, 0.05) is 11.8 Å². The molecule has 1 nitrogen and oxygen atoms in total. The number of carbonyl (C=O) groups is 1. The summed E-state index contributed by atoms with van der Waals surface area (Å²) < 4.78 is 0. The van der Waals surface area contributed by atoms with Gasteiger partial charge in [0.2, 0.25) is 0 Å². The monoisotopic (exact) mass is 372 g/mol. The van der Waals surface area contributed by atoms with Gasteiger partial charge < -0.3 is 0 Å². The molecule has 24 heavy (non-hydrogen) atoms. The van der Waals surface area contributed by atoms with Crippen LogP contribution < -0.4 is 0 Å². The Balaban J connectivity index is 1.50. The summed E-state index contributed by atoms with van der Waals surface area (Å²) in [6.45, 7) is 4.55. The second kappa shape index (κ2) is 8.30. The van der Waals surface area contributed by atoms with Crippen LogP contribution in [0.25, 0.3) is 0 Å². The van der Waals surface area contributed by atoms with Gasteiger partial charge >= 0.3 is 0 Å². The first-order valence-corrected chi connectivity index (χ1v) is 11.2. The Bertz CT molecular complexity index is 422. The zero-order chi connectivity index (χ0) is 17.3. The number of Topliss-reactive ketones (excluding diaryl/α,β-unsaturated/α-hetero) is 1. The number of hydrogen-bond donors (Lipinski definition) is 0. The summed E-state index contributed by atoms with van der Waals surface area (Å²) >= 11 is 13.0. The van der Waals surface area contributed by atoms with Crippen molar-refractivity contribution in [3.05, 3.63) is 0 Å². The quantitative estimate of drug-likeness (QED) is 0.520. The molecule has 0 aromatic rings. The molecule has 0 radical (unpaired) electrons. The molecular formula is C21H34Cl2O. The Hall–Kier alpha value is 0.250. The number of halogens is 2. The van der Waals surface area contributed by atoms with E-state index in [1.165, 1.54) is 38.5 Å². The lowest BCUT2D eigenvalue weighted by Crippen LogP contribution is -2.42. The fraction of sp³-hybridized carbons (Fsp3) is 0.952. The highest BCUT2D eigenvalue weighted by Crippen LogP contribution is 2.44. The van der Waals surface area contributed by atoms with Crippen molar-refractivity contribution in [1.82, 2.24) is 0 Å². The molecule has 0 amide bonds. The normalized spacial score (nSPS) is 47.3. The SMILES string of the molecule is CC1CCC(C2CCC(C(=O)C3CCC(C)C(Cl)C3Cl)CC2)CC1. The largest absolute Gasteiger partial charge is 0.299 e. The Morgan fingerprint density at radius 3 is 1.83 bits per heavy atom. The van der Waals surface area contributed by atoms with E-state index in [9.17, 15) is 4.79 Å². The van der Waals surface area contributed by atoms with Gasteiger partial charge in [-0.2, -0.15) is 0 Å². The number of alkyl halides is 2. The summed E-state index contributed by atoms with van der Waals surface area (Å²) in [5, 5.41) is -0.213. The van der Waals surface area contributed by atoms with Crippen LogP contribution in [0.2, 0.25) is 0 Å². The lowest BCUT2D eigenvalue weighted by Gasteiger charge is -2.39. The van der Waals surface area contributed by atoms with Crippen LogP contribution in [0.1, 0.15) is 78.1 Å². The molecule has 0 bridgehead atoms. The van der Waals surface area contributed by atoms with E-state index in [0.29, 0.717) is 11.7 Å². The molecule has 0 spiro atoms. The minimum absolute atomic E-state index is 0.00227. The summed E-state index contributed by atoms with van der Waals surface area (Å²) in [5.41, 5.74) is 0. The van der Waals surface area contributed by atoms with Crippen LogP contribution in [-0.4, -0.2) is 16.5 Å². The van der Waals surface area contributed by atoms with Crippen molar-refractivity contribution in [2.45, 2.75) is 88.8 Å². The third kappa shape index (κ3) is 4.14. The maximum atomic E-state index is 13.0. The van der Waals surface area contributed by atoms with Crippen LogP contribution in [0.15, 0.2) is 0 Å². The van der Waals surface area contributed by atoms with Crippen LogP contribution in [0.4, 0.5) is 0 Å². The van der Waals surface area contributed by atoms with Crippen LogP contribution in [0.3, 0.4) is 0 Å². The second-order valence-corrected chi connectivity index (χ2v) is 10.1. The molecule has 0 saturated heterocycles. The topological polar surface area (TPSA) is 17.1 Å². The van der Waals surface area contributed by atoms with Crippen molar-refractivity contribution in [2.75, 3.05) is 0 Å². The lowest BCUT2D eigenvalue weighted by molar-refractivity contribution is -0.129. The highest BCUT2D eigenvalue weighted by Gasteiger charge is 2.42. The molecule has 0 aromatic carbocycles. The highest BCUT2D eigenvalue weighted by molar-refractivity contribution is 6.31. The van der Waals surface area contributed by atoms with Gasteiger partial charge in [-0.25, -0.2) is 0 Å². The summed E-state index contributed by atoms with van der Waals surface area (Å²) in [6.07, 6.45) is 12.4. The predicted octanol–water partition coefficient (Wildman–Crippen LogP) is 6.45. The highest BCUT2D eigenvalue weighted by atomic mass is 35.5. The minimum Gasteiger partial charge on any atom is -0.299 e. The lowest BCUT2D eigenvalue weighted by atomic mass is 9.67. The van der Waals surface area contributed by atoms with E-state index in [1.807, 2.05) is 0 Å². The van der Waals surface area contributed by atoms with Crippen molar-refractivity contribution in [3.63, 3.8) is 0 Å². The van der Waals surface area contributed by atoms with Crippen molar-refractivity contribution in [2.24, 2.45) is 35.5 Å². The number of ketones is 1. The zero-order valence-corrected chi connectivity index (χ0v) is 16.9. The molecule has 3 aliphatic carbocycles. The first kappa shape index (κ1) is 19.0. The Morgan fingerprint density at radius 2 is 1.25 bits per heavy atom. The molecule has 0 N–H and O–H groups in total. The number of hydrogen-bond acceptors (Lipinski definition) is 1. The van der Waals surface area contributed by atoms with Gasteiger partial charge in [0.05, 0.1) is 10.8 Å². The molecule has 3 fully saturated rings. The van der Waals surface area contributed by atoms with E-state index in [1.54, 1.807) is 0 Å². The minimum atomic E-state index is -0.166. The van der Waals surface area contributed by atoms with E-state index < -0.39 is 0 Å². The number of carbonyl (C=O) groups excluding carboxylic acids is 1. The Morgan fingerprint density at radius 1 is 0.708 bits per heavy atom. The molecule has 138 valence electrons. The van der Waals surface area contributed by atoms with Crippen LogP contribution in [0.5, 0.6) is 0 Å². The first-order chi connectivity index (χ1) is 11.5. The standard InChI is InChI=1S/C21H34Cl2O/c1-13-3-6-15(7-4-13)16-8-10-17(11-9-16)21(24)18-12-5-14(2)19(22)20(18)23/h13-20H,3-12H2,1-2H3. The molecule has 3 rings (SSSR count). The van der Waals surface area contributed by atoms with Crippen molar-refractivity contribution in [3.8, 4) is 0 Å². The maximum absolute atomic E-state index is 13.0. The van der Waals surface area contributed by atoms with Crippen LogP contribution in [-0.2, 0) is 4.79 Å². The van der Waals surface area contributed by atoms with Gasteiger partial charge in [-0.1, -0.05) is 26.7 Å². The molecule has 3 saturated carbocycles. The Kier molecular flexibility index (Phi) is 6.58. The third-order valence-electron chi connectivity index (χ3n) is 7.43. The van der Waals surface area contributed by atoms with Gasteiger partial charge in [-0.15, -0.1) is 23.2 Å². The molecule has 3 aliphatic rings. The molecule has 4 unspecified atom stereocenters. The fourth-order valence-corrected chi connectivity index (χ4v) is 6.33. The van der Waals surface area contributed by atoms with Gasteiger partial charge in [-0.05, 0) is 75.0 Å². The average molecular weight is 373 g/mol. The molecule has 3 heteroatoms. The Labute approximate surface area is 158 Å². The van der Waals surface area contributed by atoms with Gasteiger partial charge in [0.1, 0.15) is 5.78 Å². The fourth-order valence-electron chi connectivity index (χ4n) is 5.53. The van der Waals surface area contributed by atoms with E-state index in [4.69, 9.17) is 23.2 Å². The summed E-state index contributed by atoms with van der Waals surface area (Å²) in [4.78, 5) is 13.0. The van der Waals surface area contributed by atoms with Crippen molar-refractivity contribution < 1.29 is 4.79 Å². The maximum Gasteiger partial charge on any atom is 0.140 e. The zero-order valence-electron chi connectivity index (χ0n) is 15.4. The summed E-state index contributed by atoms with van der Waals surface area (Å²) in [7, 11) is 0. The van der Waals surface area contributed by atoms with Crippen LogP contribution >= 0.6 is 23.2 Å². The number of rotatable bonds is 3. The summed E-state index contributed by atoms with van der Waals surface area (Å²) in [5.74, 6) is 3.86. The molecule has 0 aromatic heterocycles. The smallest absolute Gasteiger partial charge is 0.140 e. The summed E-state index contributed by atoms with van der Waals surface area (Å²) in [6, 6.07) is 0. The van der Waals surface area contributed by atoms with Crippen molar-refractivity contribution >= 4 is 29.0 Å². The first-order valence-electron chi connectivity index (χ1n) is 10.3. The predicted molar refractivity (Wildman–Crippen MR) is 103 cm³/mol. The second-order valence-electron chi connectivity index (χ2n) is 9.08. The van der Waals surface area contributed by atoms with Crippen molar-refractivity contribution in [1.29, 1.82) is 0 Å². The van der Waals surface area contributed by atoms with E-state index in [0.717, 1.165) is 43.4 Å². The molecular weight excluding hydrogens is 339 g/mol. The molecule has 0 aliphatic heterocycles.